The van der Waals surface area contributed by atoms with E-state index in [0.29, 0.717) is 0 Å². The summed E-state index contributed by atoms with van der Waals surface area (Å²) in [5.41, 5.74) is 3.39. The Labute approximate surface area is 93.5 Å². The highest BCUT2D eigenvalue weighted by Gasteiger charge is 2.15. The number of aromatic hydroxyl groups is 1. The third kappa shape index (κ3) is 1.47. The van der Waals surface area contributed by atoms with Crippen LogP contribution in [0.15, 0.2) is 30.5 Å². The molecular weight excluding hydrogens is 202 g/mol. The van der Waals surface area contributed by atoms with Crippen molar-refractivity contribution >= 4 is 0 Å². The van der Waals surface area contributed by atoms with Gasteiger partial charge < -0.3 is 10.4 Å². The van der Waals surface area contributed by atoms with Crippen molar-refractivity contribution in [2.75, 3.05) is 6.54 Å². The van der Waals surface area contributed by atoms with Crippen molar-refractivity contribution in [3.05, 3.63) is 41.7 Å². The van der Waals surface area contributed by atoms with E-state index in [1.165, 1.54) is 11.3 Å². The molecule has 4 heteroatoms. The maximum Gasteiger partial charge on any atom is 0.117 e. The van der Waals surface area contributed by atoms with Gasteiger partial charge in [-0.05, 0) is 30.7 Å². The molecule has 4 nitrogen and oxygen atoms in total. The summed E-state index contributed by atoms with van der Waals surface area (Å²) in [4.78, 5) is 0. The maximum absolute atomic E-state index is 9.46. The van der Waals surface area contributed by atoms with E-state index >= 15 is 0 Å². The summed E-state index contributed by atoms with van der Waals surface area (Å²) in [6.45, 7) is 1.85. The van der Waals surface area contributed by atoms with E-state index in [0.717, 1.165) is 25.2 Å². The molecule has 1 aliphatic heterocycles. The van der Waals surface area contributed by atoms with E-state index in [1.807, 2.05) is 23.0 Å². The van der Waals surface area contributed by atoms with Crippen LogP contribution in [0.25, 0.3) is 5.69 Å². The summed E-state index contributed by atoms with van der Waals surface area (Å²) in [6, 6.07) is 7.16. The number of phenolic OH excluding ortho intramolecular Hbond substituents is 1. The minimum absolute atomic E-state index is 0.269. The Bertz CT molecular complexity index is 519. The van der Waals surface area contributed by atoms with E-state index < -0.39 is 0 Å². The standard InChI is InChI=1S/C12H13N3O/c16-11-3-1-2-10(6-11)15-12-8-13-5-4-9(12)7-14-15/h1-3,6-7,13,16H,4-5,8H2. The van der Waals surface area contributed by atoms with E-state index in [1.54, 1.807) is 12.1 Å². The number of aromatic nitrogens is 2. The van der Waals surface area contributed by atoms with Gasteiger partial charge in [-0.25, -0.2) is 4.68 Å². The van der Waals surface area contributed by atoms with Crippen LogP contribution in [0.3, 0.4) is 0 Å². The number of nitrogens with zero attached hydrogens (tertiary/aromatic N) is 2. The summed E-state index contributed by atoms with van der Waals surface area (Å²) in [5, 5.41) is 17.2. The monoisotopic (exact) mass is 215 g/mol. The van der Waals surface area contributed by atoms with Crippen molar-refractivity contribution in [3.8, 4) is 11.4 Å². The summed E-state index contributed by atoms with van der Waals surface area (Å²) >= 11 is 0. The molecule has 0 saturated heterocycles. The van der Waals surface area contributed by atoms with E-state index in [4.69, 9.17) is 0 Å². The molecule has 2 heterocycles. The molecule has 16 heavy (non-hydrogen) atoms. The topological polar surface area (TPSA) is 50.1 Å². The Hall–Kier alpha value is -1.81. The first-order valence-corrected chi connectivity index (χ1v) is 5.40. The largest absolute Gasteiger partial charge is 0.508 e. The normalized spacial score (nSPS) is 14.8. The molecule has 0 spiro atoms. The van der Waals surface area contributed by atoms with Gasteiger partial charge in [-0.2, -0.15) is 5.10 Å². The lowest BCUT2D eigenvalue weighted by Gasteiger charge is -2.15. The van der Waals surface area contributed by atoms with Crippen LogP contribution < -0.4 is 5.32 Å². The number of phenols is 1. The van der Waals surface area contributed by atoms with Crippen molar-refractivity contribution in [2.45, 2.75) is 13.0 Å². The SMILES string of the molecule is Oc1cccc(-n2ncc3c2CNCC3)c1. The Morgan fingerprint density at radius 3 is 3.19 bits per heavy atom. The second-order valence-electron chi connectivity index (χ2n) is 3.97. The molecule has 0 atom stereocenters. The minimum Gasteiger partial charge on any atom is -0.508 e. The fourth-order valence-electron chi connectivity index (χ4n) is 2.08. The van der Waals surface area contributed by atoms with Gasteiger partial charge in [0.15, 0.2) is 0 Å². The molecule has 0 amide bonds. The van der Waals surface area contributed by atoms with Crippen LogP contribution in [0.2, 0.25) is 0 Å². The quantitative estimate of drug-likeness (QED) is 0.752. The Morgan fingerprint density at radius 1 is 1.38 bits per heavy atom. The van der Waals surface area contributed by atoms with Gasteiger partial charge in [0.05, 0.1) is 17.6 Å². The van der Waals surface area contributed by atoms with Crippen molar-refractivity contribution in [3.63, 3.8) is 0 Å². The zero-order chi connectivity index (χ0) is 11.0. The highest BCUT2D eigenvalue weighted by atomic mass is 16.3. The van der Waals surface area contributed by atoms with Gasteiger partial charge in [-0.15, -0.1) is 0 Å². The molecule has 0 radical (unpaired) electrons. The van der Waals surface area contributed by atoms with E-state index in [2.05, 4.69) is 10.4 Å². The van der Waals surface area contributed by atoms with Crippen LogP contribution in [0.5, 0.6) is 5.75 Å². The molecule has 2 aromatic rings. The smallest absolute Gasteiger partial charge is 0.117 e. The summed E-state index contributed by atoms with van der Waals surface area (Å²) in [6.07, 6.45) is 2.94. The fourth-order valence-corrected chi connectivity index (χ4v) is 2.08. The van der Waals surface area contributed by atoms with Gasteiger partial charge in [0.25, 0.3) is 0 Å². The van der Waals surface area contributed by atoms with Crippen LogP contribution in [-0.4, -0.2) is 21.4 Å². The van der Waals surface area contributed by atoms with Crippen LogP contribution in [-0.2, 0) is 13.0 Å². The summed E-state index contributed by atoms with van der Waals surface area (Å²) in [5.74, 6) is 0.269. The molecule has 2 N–H and O–H groups in total. The van der Waals surface area contributed by atoms with Gasteiger partial charge in [-0.3, -0.25) is 0 Å². The molecule has 0 fully saturated rings. The predicted octanol–water partition coefficient (Wildman–Crippen LogP) is 1.22. The molecular formula is C12H13N3O. The van der Waals surface area contributed by atoms with Gasteiger partial charge in [0, 0.05) is 12.6 Å². The van der Waals surface area contributed by atoms with E-state index in [-0.39, 0.29) is 5.75 Å². The molecule has 1 aromatic carbocycles. The predicted molar refractivity (Wildman–Crippen MR) is 60.6 cm³/mol. The summed E-state index contributed by atoms with van der Waals surface area (Å²) in [7, 11) is 0. The molecule has 0 saturated carbocycles. The van der Waals surface area contributed by atoms with Gasteiger partial charge in [0.2, 0.25) is 0 Å². The molecule has 3 rings (SSSR count). The Kier molecular flexibility index (Phi) is 2.15. The van der Waals surface area contributed by atoms with Gasteiger partial charge in [-0.1, -0.05) is 6.07 Å². The van der Waals surface area contributed by atoms with Crippen LogP contribution >= 0.6 is 0 Å². The number of rotatable bonds is 1. The van der Waals surface area contributed by atoms with Crippen molar-refractivity contribution in [1.29, 1.82) is 0 Å². The highest BCUT2D eigenvalue weighted by Crippen LogP contribution is 2.20. The zero-order valence-electron chi connectivity index (χ0n) is 8.85. The molecule has 0 aliphatic carbocycles. The average molecular weight is 215 g/mol. The highest BCUT2D eigenvalue weighted by molar-refractivity contribution is 5.40. The van der Waals surface area contributed by atoms with Crippen LogP contribution in [0.1, 0.15) is 11.3 Å². The lowest BCUT2D eigenvalue weighted by Crippen LogP contribution is -2.24. The van der Waals surface area contributed by atoms with Gasteiger partial charge in [0.1, 0.15) is 5.75 Å². The molecule has 1 aromatic heterocycles. The number of nitrogens with one attached hydrogen (secondary N) is 1. The number of hydrogen-bond acceptors (Lipinski definition) is 3. The lowest BCUT2D eigenvalue weighted by molar-refractivity contribution is 0.474. The Balaban J connectivity index is 2.09. The van der Waals surface area contributed by atoms with Crippen molar-refractivity contribution in [1.82, 2.24) is 15.1 Å². The first-order valence-electron chi connectivity index (χ1n) is 5.40. The average Bonchev–Trinajstić information content (AvgIpc) is 2.72. The fraction of sp³-hybridized carbons (Fsp3) is 0.250. The third-order valence-electron chi connectivity index (χ3n) is 2.89. The molecule has 0 bridgehead atoms. The molecule has 82 valence electrons. The second-order valence-corrected chi connectivity index (χ2v) is 3.97. The number of fused-ring (bicyclic) bond motifs is 1. The number of hydrogen-bond donors (Lipinski definition) is 2. The van der Waals surface area contributed by atoms with Crippen LogP contribution in [0.4, 0.5) is 0 Å². The van der Waals surface area contributed by atoms with Gasteiger partial charge >= 0.3 is 0 Å². The van der Waals surface area contributed by atoms with E-state index in [9.17, 15) is 5.11 Å². The van der Waals surface area contributed by atoms with Crippen molar-refractivity contribution < 1.29 is 5.11 Å². The first kappa shape index (κ1) is 9.42. The first-order chi connectivity index (χ1) is 7.84. The second kappa shape index (κ2) is 3.64. The minimum atomic E-state index is 0.269. The lowest BCUT2D eigenvalue weighted by atomic mass is 10.1. The van der Waals surface area contributed by atoms with Crippen LogP contribution in [0, 0.1) is 0 Å². The summed E-state index contributed by atoms with van der Waals surface area (Å²) < 4.78 is 1.89. The third-order valence-corrected chi connectivity index (χ3v) is 2.89. The molecule has 0 unspecified atom stereocenters. The van der Waals surface area contributed by atoms with Crippen molar-refractivity contribution in [2.24, 2.45) is 0 Å². The molecule has 1 aliphatic rings. The maximum atomic E-state index is 9.46. The number of benzene rings is 1. The Morgan fingerprint density at radius 2 is 2.31 bits per heavy atom. The zero-order valence-corrected chi connectivity index (χ0v) is 8.85.